The molecule has 10 N–H and O–H groups in total. The summed E-state index contributed by atoms with van der Waals surface area (Å²) in [6, 6.07) is -6.01. The Hall–Kier alpha value is -2.91. The van der Waals surface area contributed by atoms with Crippen LogP contribution in [-0.2, 0) is 28.8 Å². The average molecular weight is 465 g/mol. The minimum Gasteiger partial charge on any atom is -0.481 e. The second-order valence-electron chi connectivity index (χ2n) is 6.57. The SMILES string of the molecule is CC(O)C(N)C(=O)NC(CCC(N)=O)C(=O)NC(CC(=O)O)C(=O)NC(CS)C(=O)O. The molecule has 0 bridgehead atoms. The van der Waals surface area contributed by atoms with Gasteiger partial charge in [-0.1, -0.05) is 0 Å². The molecule has 0 heterocycles. The van der Waals surface area contributed by atoms with Crippen molar-refractivity contribution >= 4 is 48.2 Å². The van der Waals surface area contributed by atoms with Crippen molar-refractivity contribution in [3.8, 4) is 0 Å². The molecular weight excluding hydrogens is 438 g/mol. The molecule has 4 amide bonds. The highest BCUT2D eigenvalue weighted by Gasteiger charge is 2.32. The third-order valence-electron chi connectivity index (χ3n) is 3.94. The Balaban J connectivity index is 5.51. The number of aliphatic hydroxyl groups excluding tert-OH is 1. The number of thiol groups is 1. The van der Waals surface area contributed by atoms with Crippen molar-refractivity contribution in [2.75, 3.05) is 5.75 Å². The first-order valence-corrected chi connectivity index (χ1v) is 9.61. The molecule has 14 nitrogen and oxygen atoms in total. The van der Waals surface area contributed by atoms with E-state index in [0.29, 0.717) is 0 Å². The van der Waals surface area contributed by atoms with E-state index in [-0.39, 0.29) is 18.6 Å². The number of amides is 4. The van der Waals surface area contributed by atoms with Crippen molar-refractivity contribution < 1.29 is 44.1 Å². The van der Waals surface area contributed by atoms with Gasteiger partial charge in [-0.2, -0.15) is 12.6 Å². The lowest BCUT2D eigenvalue weighted by molar-refractivity contribution is -0.143. The Labute approximate surface area is 182 Å². The van der Waals surface area contributed by atoms with Crippen molar-refractivity contribution in [2.45, 2.75) is 56.5 Å². The number of nitrogens with two attached hydrogens (primary N) is 2. The van der Waals surface area contributed by atoms with Crippen molar-refractivity contribution in [2.24, 2.45) is 11.5 Å². The van der Waals surface area contributed by atoms with E-state index in [1.807, 2.05) is 5.32 Å². The standard InChI is InChI=1S/C16H27N5O9S/c1-6(22)12(18)15(28)19-7(2-3-10(17)23)13(26)20-8(4-11(24)25)14(27)21-9(5-31)16(29)30/h6-9,12,22,31H,2-5,18H2,1H3,(H2,17,23)(H,19,28)(H,20,26)(H,21,27)(H,24,25)(H,29,30). The number of carboxylic acid groups (broad SMARTS) is 2. The summed E-state index contributed by atoms with van der Waals surface area (Å²) in [6.45, 7) is 1.23. The summed E-state index contributed by atoms with van der Waals surface area (Å²) < 4.78 is 0. The maximum atomic E-state index is 12.6. The molecule has 0 spiro atoms. The van der Waals surface area contributed by atoms with Crippen molar-refractivity contribution in [3.05, 3.63) is 0 Å². The van der Waals surface area contributed by atoms with Crippen LogP contribution < -0.4 is 27.4 Å². The number of rotatable bonds is 14. The summed E-state index contributed by atoms with van der Waals surface area (Å²) in [5, 5.41) is 33.7. The zero-order valence-electron chi connectivity index (χ0n) is 16.6. The van der Waals surface area contributed by atoms with Crippen LogP contribution in [0.25, 0.3) is 0 Å². The maximum Gasteiger partial charge on any atom is 0.327 e. The highest BCUT2D eigenvalue weighted by molar-refractivity contribution is 7.80. The molecule has 5 atom stereocenters. The fourth-order valence-electron chi connectivity index (χ4n) is 2.16. The van der Waals surface area contributed by atoms with Crippen LogP contribution in [0.3, 0.4) is 0 Å². The third-order valence-corrected chi connectivity index (χ3v) is 4.31. The number of carbonyl (C=O) groups excluding carboxylic acids is 4. The lowest BCUT2D eigenvalue weighted by Gasteiger charge is -2.24. The van der Waals surface area contributed by atoms with E-state index in [2.05, 4.69) is 23.3 Å². The average Bonchev–Trinajstić information content (AvgIpc) is 2.66. The fourth-order valence-corrected chi connectivity index (χ4v) is 2.40. The topological polar surface area (TPSA) is 251 Å². The van der Waals surface area contributed by atoms with Crippen LogP contribution in [0.1, 0.15) is 26.2 Å². The van der Waals surface area contributed by atoms with E-state index in [1.54, 1.807) is 0 Å². The monoisotopic (exact) mass is 465 g/mol. The Morgan fingerprint density at radius 2 is 1.39 bits per heavy atom. The maximum absolute atomic E-state index is 12.6. The van der Waals surface area contributed by atoms with Crippen LogP contribution in [0, 0.1) is 0 Å². The summed E-state index contributed by atoms with van der Waals surface area (Å²) in [4.78, 5) is 70.1. The molecular formula is C16H27N5O9S. The largest absolute Gasteiger partial charge is 0.481 e. The lowest BCUT2D eigenvalue weighted by Crippen LogP contribution is -2.58. The van der Waals surface area contributed by atoms with Gasteiger partial charge in [0.15, 0.2) is 0 Å². The quantitative estimate of drug-likeness (QED) is 0.112. The summed E-state index contributed by atoms with van der Waals surface area (Å²) in [7, 11) is 0. The van der Waals surface area contributed by atoms with Crippen LogP contribution in [0.15, 0.2) is 0 Å². The summed E-state index contributed by atoms with van der Waals surface area (Å²) >= 11 is 3.77. The van der Waals surface area contributed by atoms with Gasteiger partial charge in [-0.25, -0.2) is 4.79 Å². The van der Waals surface area contributed by atoms with Crippen molar-refractivity contribution in [1.82, 2.24) is 16.0 Å². The molecule has 31 heavy (non-hydrogen) atoms. The molecule has 0 aromatic carbocycles. The van der Waals surface area contributed by atoms with Crippen LogP contribution >= 0.6 is 12.6 Å². The van der Waals surface area contributed by atoms with Gasteiger partial charge in [0.25, 0.3) is 0 Å². The van der Waals surface area contributed by atoms with E-state index < -0.39 is 72.3 Å². The van der Waals surface area contributed by atoms with E-state index in [4.69, 9.17) is 21.7 Å². The van der Waals surface area contributed by atoms with E-state index in [9.17, 15) is 33.9 Å². The lowest BCUT2D eigenvalue weighted by atomic mass is 10.1. The number of hydrogen-bond acceptors (Lipinski definition) is 9. The molecule has 5 unspecified atom stereocenters. The number of aliphatic carboxylic acids is 2. The molecule has 0 fully saturated rings. The first-order chi connectivity index (χ1) is 14.3. The molecule has 15 heteroatoms. The minimum atomic E-state index is -1.70. The minimum absolute atomic E-state index is 0.302. The van der Waals surface area contributed by atoms with Gasteiger partial charge in [0.2, 0.25) is 23.6 Å². The van der Waals surface area contributed by atoms with Gasteiger partial charge >= 0.3 is 11.9 Å². The Kier molecular flexibility index (Phi) is 12.1. The number of primary amides is 1. The predicted octanol–water partition coefficient (Wildman–Crippen LogP) is -4.10. The van der Waals surface area contributed by atoms with Crippen molar-refractivity contribution in [1.29, 1.82) is 0 Å². The highest BCUT2D eigenvalue weighted by atomic mass is 32.1. The molecule has 0 rings (SSSR count). The number of nitrogens with one attached hydrogen (secondary N) is 3. The van der Waals surface area contributed by atoms with E-state index >= 15 is 0 Å². The van der Waals surface area contributed by atoms with Gasteiger partial charge in [0.05, 0.1) is 12.5 Å². The second-order valence-corrected chi connectivity index (χ2v) is 6.94. The summed E-state index contributed by atoms with van der Waals surface area (Å²) in [5.41, 5.74) is 10.5. The second kappa shape index (κ2) is 13.4. The molecule has 0 aliphatic carbocycles. The molecule has 0 aromatic rings. The Morgan fingerprint density at radius 3 is 1.81 bits per heavy atom. The van der Waals surface area contributed by atoms with Gasteiger partial charge in [0.1, 0.15) is 24.2 Å². The molecule has 0 aromatic heterocycles. The van der Waals surface area contributed by atoms with E-state index in [1.165, 1.54) is 6.92 Å². The first kappa shape index (κ1) is 28.1. The smallest absolute Gasteiger partial charge is 0.327 e. The number of carboxylic acids is 2. The molecule has 176 valence electrons. The van der Waals surface area contributed by atoms with Gasteiger partial charge < -0.3 is 42.7 Å². The zero-order valence-corrected chi connectivity index (χ0v) is 17.5. The number of hydrogen-bond donors (Lipinski definition) is 9. The summed E-state index contributed by atoms with van der Waals surface area (Å²) in [6.07, 6.45) is -2.83. The number of carbonyl (C=O) groups is 6. The van der Waals surface area contributed by atoms with Crippen LogP contribution in [0.2, 0.25) is 0 Å². The molecule has 0 aliphatic rings. The van der Waals surface area contributed by atoms with E-state index in [0.717, 1.165) is 0 Å². The highest BCUT2D eigenvalue weighted by Crippen LogP contribution is 2.03. The molecule has 0 saturated carbocycles. The van der Waals surface area contributed by atoms with Crippen LogP contribution in [-0.4, -0.2) is 86.9 Å². The number of aliphatic hydroxyl groups is 1. The van der Waals surface area contributed by atoms with Crippen molar-refractivity contribution in [3.63, 3.8) is 0 Å². The molecule has 0 aliphatic heterocycles. The van der Waals surface area contributed by atoms with Gasteiger partial charge in [-0.05, 0) is 13.3 Å². The normalized spacial score (nSPS) is 15.5. The van der Waals surface area contributed by atoms with Gasteiger partial charge in [-0.3, -0.25) is 24.0 Å². The zero-order chi connectivity index (χ0) is 24.3. The first-order valence-electron chi connectivity index (χ1n) is 8.98. The summed E-state index contributed by atoms with van der Waals surface area (Å²) in [5.74, 6) is -7.12. The predicted molar refractivity (Wildman–Crippen MR) is 108 cm³/mol. The Bertz CT molecular complexity index is 703. The third kappa shape index (κ3) is 10.6. The molecule has 0 saturated heterocycles. The Morgan fingerprint density at radius 1 is 0.903 bits per heavy atom. The fraction of sp³-hybridized carbons (Fsp3) is 0.625. The van der Waals surface area contributed by atoms with Gasteiger partial charge in [0, 0.05) is 12.2 Å². The van der Waals surface area contributed by atoms with Crippen LogP contribution in [0.5, 0.6) is 0 Å². The van der Waals surface area contributed by atoms with Crippen LogP contribution in [0.4, 0.5) is 0 Å². The van der Waals surface area contributed by atoms with Gasteiger partial charge in [-0.15, -0.1) is 0 Å². The molecule has 0 radical (unpaired) electrons.